The number of carbonyl (C=O) groups excluding carboxylic acids is 1. The maximum absolute atomic E-state index is 11.5. The topological polar surface area (TPSA) is 79.8 Å². The molecule has 2 heterocycles. The van der Waals surface area contributed by atoms with E-state index in [2.05, 4.69) is 25.6 Å². The molecule has 132 valence electrons. The van der Waals surface area contributed by atoms with Crippen LogP contribution in [0.2, 0.25) is 0 Å². The SMILES string of the molecule is CC(=O)c1cccc(Nc2nccc(Nc3cccc4cccnc34)n2)c1. The molecule has 2 N–H and O–H groups in total. The van der Waals surface area contributed by atoms with Crippen LogP contribution in [0.1, 0.15) is 17.3 Å². The van der Waals surface area contributed by atoms with Crippen molar-refractivity contribution in [3.8, 4) is 0 Å². The van der Waals surface area contributed by atoms with E-state index in [1.807, 2.05) is 42.5 Å². The van der Waals surface area contributed by atoms with Crippen LogP contribution in [0.5, 0.6) is 0 Å². The van der Waals surface area contributed by atoms with Crippen molar-refractivity contribution in [3.63, 3.8) is 0 Å². The highest BCUT2D eigenvalue weighted by atomic mass is 16.1. The molecule has 0 bridgehead atoms. The Bertz CT molecular complexity index is 1120. The van der Waals surface area contributed by atoms with E-state index in [9.17, 15) is 4.79 Å². The molecule has 0 aliphatic carbocycles. The first-order valence-corrected chi connectivity index (χ1v) is 8.51. The van der Waals surface area contributed by atoms with Crippen molar-refractivity contribution < 1.29 is 4.79 Å². The van der Waals surface area contributed by atoms with Crippen molar-refractivity contribution in [3.05, 3.63) is 78.6 Å². The molecule has 0 unspecified atom stereocenters. The Morgan fingerprint density at radius 1 is 0.889 bits per heavy atom. The standard InChI is InChI=1S/C21H17N5O/c1-14(27)16-6-2-8-17(13-16)24-21-23-12-10-19(26-21)25-18-9-3-5-15-7-4-11-22-20(15)18/h2-13H,1H3,(H2,23,24,25,26). The van der Waals surface area contributed by atoms with Crippen LogP contribution in [0.25, 0.3) is 10.9 Å². The van der Waals surface area contributed by atoms with Gasteiger partial charge in [-0.2, -0.15) is 4.98 Å². The number of fused-ring (bicyclic) bond motifs is 1. The predicted molar refractivity (Wildman–Crippen MR) is 107 cm³/mol. The second kappa shape index (κ2) is 7.21. The summed E-state index contributed by atoms with van der Waals surface area (Å²) in [6.45, 7) is 1.54. The maximum Gasteiger partial charge on any atom is 0.229 e. The highest BCUT2D eigenvalue weighted by Gasteiger charge is 2.06. The lowest BCUT2D eigenvalue weighted by Gasteiger charge is -2.10. The lowest BCUT2D eigenvalue weighted by Crippen LogP contribution is -2.01. The molecule has 0 amide bonds. The zero-order valence-electron chi connectivity index (χ0n) is 14.7. The van der Waals surface area contributed by atoms with Gasteiger partial charge in [0, 0.05) is 29.0 Å². The average Bonchev–Trinajstić information content (AvgIpc) is 2.69. The fraction of sp³-hybridized carbons (Fsp3) is 0.0476. The van der Waals surface area contributed by atoms with Gasteiger partial charge in [0.2, 0.25) is 5.95 Å². The summed E-state index contributed by atoms with van der Waals surface area (Å²) < 4.78 is 0. The number of rotatable bonds is 5. The van der Waals surface area contributed by atoms with E-state index in [1.54, 1.807) is 37.5 Å². The Morgan fingerprint density at radius 3 is 2.63 bits per heavy atom. The number of hydrogen-bond donors (Lipinski definition) is 2. The quantitative estimate of drug-likeness (QED) is 0.505. The van der Waals surface area contributed by atoms with Crippen molar-refractivity contribution in [1.82, 2.24) is 15.0 Å². The molecule has 0 spiro atoms. The van der Waals surface area contributed by atoms with Crippen LogP contribution in [-0.4, -0.2) is 20.7 Å². The molecule has 0 saturated heterocycles. The normalized spacial score (nSPS) is 10.6. The molecule has 0 saturated carbocycles. The highest BCUT2D eigenvalue weighted by molar-refractivity contribution is 5.95. The molecule has 6 heteroatoms. The number of benzene rings is 2. The first-order valence-electron chi connectivity index (χ1n) is 8.51. The second-order valence-electron chi connectivity index (χ2n) is 6.03. The van der Waals surface area contributed by atoms with E-state index < -0.39 is 0 Å². The molecule has 4 aromatic rings. The first-order chi connectivity index (χ1) is 13.2. The predicted octanol–water partition coefficient (Wildman–Crippen LogP) is 4.71. The van der Waals surface area contributed by atoms with E-state index in [4.69, 9.17) is 0 Å². The molecular weight excluding hydrogens is 338 g/mol. The van der Waals surface area contributed by atoms with Crippen molar-refractivity contribution >= 4 is 39.8 Å². The summed E-state index contributed by atoms with van der Waals surface area (Å²) in [7, 11) is 0. The first kappa shape index (κ1) is 16.7. The Hall–Kier alpha value is -3.80. The second-order valence-corrected chi connectivity index (χ2v) is 6.03. The summed E-state index contributed by atoms with van der Waals surface area (Å²) in [5, 5.41) is 7.48. The van der Waals surface area contributed by atoms with Crippen molar-refractivity contribution in [2.75, 3.05) is 10.6 Å². The number of ketones is 1. The van der Waals surface area contributed by atoms with Crippen molar-refractivity contribution in [2.45, 2.75) is 6.92 Å². The largest absolute Gasteiger partial charge is 0.338 e. The third-order valence-electron chi connectivity index (χ3n) is 4.08. The number of pyridine rings is 1. The van der Waals surface area contributed by atoms with Gasteiger partial charge in [-0.1, -0.05) is 30.3 Å². The van der Waals surface area contributed by atoms with E-state index in [1.165, 1.54) is 0 Å². The van der Waals surface area contributed by atoms with E-state index in [-0.39, 0.29) is 5.78 Å². The highest BCUT2D eigenvalue weighted by Crippen LogP contribution is 2.24. The molecule has 2 aromatic heterocycles. The molecule has 0 aliphatic rings. The number of hydrogen-bond acceptors (Lipinski definition) is 6. The molecular formula is C21H17N5O. The van der Waals surface area contributed by atoms with Crippen molar-refractivity contribution in [1.29, 1.82) is 0 Å². The van der Waals surface area contributed by atoms with Gasteiger partial charge in [-0.15, -0.1) is 0 Å². The van der Waals surface area contributed by atoms with Crippen LogP contribution >= 0.6 is 0 Å². The monoisotopic (exact) mass is 355 g/mol. The smallest absolute Gasteiger partial charge is 0.229 e. The number of anilines is 4. The van der Waals surface area contributed by atoms with Crippen LogP contribution < -0.4 is 10.6 Å². The summed E-state index contributed by atoms with van der Waals surface area (Å²) in [5.74, 6) is 1.10. The number of aromatic nitrogens is 3. The number of Topliss-reactive ketones (excluding diaryl/α,β-unsaturated/α-hetero) is 1. The van der Waals surface area contributed by atoms with Gasteiger partial charge in [0.05, 0.1) is 11.2 Å². The Labute approximate surface area is 156 Å². The summed E-state index contributed by atoms with van der Waals surface area (Å²) in [6, 6.07) is 18.9. The Kier molecular flexibility index (Phi) is 4.45. The molecule has 4 rings (SSSR count). The molecule has 0 atom stereocenters. The zero-order chi connectivity index (χ0) is 18.6. The summed E-state index contributed by atoms with van der Waals surface area (Å²) in [5.41, 5.74) is 3.14. The summed E-state index contributed by atoms with van der Waals surface area (Å²) in [4.78, 5) is 24.7. The van der Waals surface area contributed by atoms with Gasteiger partial charge < -0.3 is 10.6 Å². The van der Waals surface area contributed by atoms with Crippen LogP contribution in [-0.2, 0) is 0 Å². The summed E-state index contributed by atoms with van der Waals surface area (Å²) in [6.07, 6.45) is 3.44. The van der Waals surface area contributed by atoms with Crippen LogP contribution in [0, 0.1) is 0 Å². The molecule has 27 heavy (non-hydrogen) atoms. The summed E-state index contributed by atoms with van der Waals surface area (Å²) >= 11 is 0. The van der Waals surface area contributed by atoms with Crippen LogP contribution in [0.15, 0.2) is 73.1 Å². The number of carbonyl (C=O) groups is 1. The molecule has 0 fully saturated rings. The molecule has 2 aromatic carbocycles. The number of para-hydroxylation sites is 1. The third-order valence-corrected chi connectivity index (χ3v) is 4.08. The molecule has 6 nitrogen and oxygen atoms in total. The van der Waals surface area contributed by atoms with Gasteiger partial charge in [-0.3, -0.25) is 9.78 Å². The minimum absolute atomic E-state index is 0.0124. The van der Waals surface area contributed by atoms with Gasteiger partial charge >= 0.3 is 0 Å². The van der Waals surface area contributed by atoms with E-state index in [0.29, 0.717) is 17.3 Å². The van der Waals surface area contributed by atoms with Gasteiger partial charge in [0.1, 0.15) is 5.82 Å². The van der Waals surface area contributed by atoms with Crippen LogP contribution in [0.4, 0.5) is 23.1 Å². The van der Waals surface area contributed by atoms with E-state index in [0.717, 1.165) is 22.3 Å². The lowest BCUT2D eigenvalue weighted by atomic mass is 10.1. The fourth-order valence-corrected chi connectivity index (χ4v) is 2.78. The number of nitrogens with one attached hydrogen (secondary N) is 2. The molecule has 0 radical (unpaired) electrons. The van der Waals surface area contributed by atoms with Gasteiger partial charge in [0.25, 0.3) is 0 Å². The Morgan fingerprint density at radius 2 is 1.74 bits per heavy atom. The van der Waals surface area contributed by atoms with Crippen LogP contribution in [0.3, 0.4) is 0 Å². The van der Waals surface area contributed by atoms with Gasteiger partial charge in [0.15, 0.2) is 5.78 Å². The van der Waals surface area contributed by atoms with Gasteiger partial charge in [-0.05, 0) is 37.3 Å². The minimum Gasteiger partial charge on any atom is -0.338 e. The Balaban J connectivity index is 1.59. The average molecular weight is 355 g/mol. The fourth-order valence-electron chi connectivity index (χ4n) is 2.78. The zero-order valence-corrected chi connectivity index (χ0v) is 14.7. The maximum atomic E-state index is 11.5. The van der Waals surface area contributed by atoms with E-state index >= 15 is 0 Å². The number of nitrogens with zero attached hydrogens (tertiary/aromatic N) is 3. The van der Waals surface area contributed by atoms with Gasteiger partial charge in [-0.25, -0.2) is 4.98 Å². The lowest BCUT2D eigenvalue weighted by molar-refractivity contribution is 0.101. The minimum atomic E-state index is 0.0124. The van der Waals surface area contributed by atoms with Crippen molar-refractivity contribution in [2.24, 2.45) is 0 Å². The third kappa shape index (κ3) is 3.74. The molecule has 0 aliphatic heterocycles.